The van der Waals surface area contributed by atoms with Crippen LogP contribution in [-0.4, -0.2) is 5.78 Å². The van der Waals surface area contributed by atoms with Crippen molar-refractivity contribution in [3.8, 4) is 0 Å². The highest BCUT2D eigenvalue weighted by atomic mass is 19.4. The molecule has 2 rings (SSSR count). The maximum absolute atomic E-state index is 12.5. The Morgan fingerprint density at radius 3 is 1.85 bits per heavy atom. The molecule has 4 heteroatoms. The molecule has 0 saturated carbocycles. The average Bonchev–Trinajstić information content (AvgIpc) is 2.37. The van der Waals surface area contributed by atoms with Crippen molar-refractivity contribution in [2.24, 2.45) is 0 Å². The van der Waals surface area contributed by atoms with Gasteiger partial charge in [0.05, 0.1) is 5.56 Å². The molecule has 0 unspecified atom stereocenters. The van der Waals surface area contributed by atoms with Crippen LogP contribution < -0.4 is 0 Å². The van der Waals surface area contributed by atoms with Gasteiger partial charge in [-0.3, -0.25) is 4.79 Å². The molecule has 0 heterocycles. The Hall–Kier alpha value is -2.10. The minimum Gasteiger partial charge on any atom is -0.289 e. The molecule has 0 aliphatic carbocycles. The molecule has 0 spiro atoms. The van der Waals surface area contributed by atoms with Crippen LogP contribution in [0.25, 0.3) is 0 Å². The van der Waals surface area contributed by atoms with Gasteiger partial charge in [0, 0.05) is 11.1 Å². The Labute approximate surface area is 115 Å². The van der Waals surface area contributed by atoms with Crippen LogP contribution in [0.5, 0.6) is 0 Å². The number of carbonyl (C=O) groups is 1. The Kier molecular flexibility index (Phi) is 3.66. The molecule has 2 aromatic rings. The molecule has 0 atom stereocenters. The van der Waals surface area contributed by atoms with Gasteiger partial charge in [-0.15, -0.1) is 0 Å². The van der Waals surface area contributed by atoms with E-state index in [4.69, 9.17) is 0 Å². The van der Waals surface area contributed by atoms with Crippen molar-refractivity contribution in [2.45, 2.75) is 20.0 Å². The number of rotatable bonds is 2. The maximum atomic E-state index is 12.5. The van der Waals surface area contributed by atoms with Crippen LogP contribution in [-0.2, 0) is 6.18 Å². The summed E-state index contributed by atoms with van der Waals surface area (Å²) in [6.07, 6.45) is -4.39. The highest BCUT2D eigenvalue weighted by molar-refractivity contribution is 6.10. The van der Waals surface area contributed by atoms with Crippen molar-refractivity contribution >= 4 is 5.78 Å². The number of carbonyl (C=O) groups excluding carboxylic acids is 1. The Bertz CT molecular complexity index is 620. The highest BCUT2D eigenvalue weighted by Gasteiger charge is 2.30. The van der Waals surface area contributed by atoms with Crippen LogP contribution in [0.4, 0.5) is 13.2 Å². The molecule has 104 valence electrons. The van der Waals surface area contributed by atoms with E-state index in [0.717, 1.165) is 23.3 Å². The predicted molar refractivity (Wildman–Crippen MR) is 70.8 cm³/mol. The molecule has 0 aliphatic heterocycles. The van der Waals surface area contributed by atoms with Gasteiger partial charge >= 0.3 is 6.18 Å². The number of alkyl halides is 3. The second kappa shape index (κ2) is 5.12. The molecular formula is C16H13F3O. The zero-order valence-electron chi connectivity index (χ0n) is 11.1. The quantitative estimate of drug-likeness (QED) is 0.736. The normalized spacial score (nSPS) is 11.4. The van der Waals surface area contributed by atoms with Crippen LogP contribution in [0.15, 0.2) is 42.5 Å². The first-order valence-electron chi connectivity index (χ1n) is 6.09. The second-order valence-corrected chi connectivity index (χ2v) is 4.67. The van der Waals surface area contributed by atoms with E-state index in [1.165, 1.54) is 12.1 Å². The fourth-order valence-electron chi connectivity index (χ4n) is 2.13. The molecular weight excluding hydrogens is 265 g/mol. The van der Waals surface area contributed by atoms with Gasteiger partial charge in [0.2, 0.25) is 0 Å². The summed E-state index contributed by atoms with van der Waals surface area (Å²) >= 11 is 0. The summed E-state index contributed by atoms with van der Waals surface area (Å²) in [5, 5.41) is 0. The third kappa shape index (κ3) is 2.74. The smallest absolute Gasteiger partial charge is 0.289 e. The van der Waals surface area contributed by atoms with E-state index in [9.17, 15) is 18.0 Å². The van der Waals surface area contributed by atoms with Crippen LogP contribution in [0.1, 0.15) is 32.6 Å². The number of aryl methyl sites for hydroxylation is 2. The SMILES string of the molecule is Cc1cccc(C)c1C(=O)c1ccc(C(F)(F)F)cc1. The summed E-state index contributed by atoms with van der Waals surface area (Å²) in [5.41, 5.74) is 1.68. The first-order valence-corrected chi connectivity index (χ1v) is 6.09. The lowest BCUT2D eigenvalue weighted by atomic mass is 9.94. The van der Waals surface area contributed by atoms with Crippen LogP contribution in [0.3, 0.4) is 0 Å². The van der Waals surface area contributed by atoms with Crippen molar-refractivity contribution in [1.82, 2.24) is 0 Å². The number of hydrogen-bond donors (Lipinski definition) is 0. The van der Waals surface area contributed by atoms with Gasteiger partial charge in [-0.05, 0) is 37.1 Å². The molecule has 0 radical (unpaired) electrons. The van der Waals surface area contributed by atoms with E-state index in [-0.39, 0.29) is 11.3 Å². The molecule has 2 aromatic carbocycles. The molecule has 0 fully saturated rings. The molecule has 0 aromatic heterocycles. The van der Waals surface area contributed by atoms with E-state index in [0.29, 0.717) is 5.56 Å². The number of hydrogen-bond acceptors (Lipinski definition) is 1. The Balaban J connectivity index is 2.40. The van der Waals surface area contributed by atoms with Crippen LogP contribution in [0.2, 0.25) is 0 Å². The van der Waals surface area contributed by atoms with E-state index in [1.54, 1.807) is 0 Å². The zero-order chi connectivity index (χ0) is 14.9. The third-order valence-corrected chi connectivity index (χ3v) is 3.18. The van der Waals surface area contributed by atoms with Gasteiger partial charge in [0.15, 0.2) is 5.78 Å². The molecule has 20 heavy (non-hydrogen) atoms. The molecule has 0 N–H and O–H groups in total. The van der Waals surface area contributed by atoms with Crippen LogP contribution >= 0.6 is 0 Å². The van der Waals surface area contributed by atoms with Crippen molar-refractivity contribution in [3.63, 3.8) is 0 Å². The standard InChI is InChI=1S/C16H13F3O/c1-10-4-3-5-11(2)14(10)15(20)12-6-8-13(9-7-12)16(17,18)19/h3-9H,1-2H3. The summed E-state index contributed by atoms with van der Waals surface area (Å²) in [5.74, 6) is -0.255. The monoisotopic (exact) mass is 278 g/mol. The van der Waals surface area contributed by atoms with Crippen molar-refractivity contribution in [1.29, 1.82) is 0 Å². The van der Waals surface area contributed by atoms with Gasteiger partial charge in [0.1, 0.15) is 0 Å². The fraction of sp³-hybridized carbons (Fsp3) is 0.188. The fourth-order valence-corrected chi connectivity index (χ4v) is 2.13. The number of benzene rings is 2. The van der Waals surface area contributed by atoms with E-state index in [2.05, 4.69) is 0 Å². The topological polar surface area (TPSA) is 17.1 Å². The molecule has 1 nitrogen and oxygen atoms in total. The predicted octanol–water partition coefficient (Wildman–Crippen LogP) is 4.55. The number of ketones is 1. The van der Waals surface area contributed by atoms with Crippen molar-refractivity contribution in [2.75, 3.05) is 0 Å². The summed E-state index contributed by atoms with van der Waals surface area (Å²) in [7, 11) is 0. The zero-order valence-corrected chi connectivity index (χ0v) is 11.1. The van der Waals surface area contributed by atoms with Gasteiger partial charge in [-0.1, -0.05) is 30.3 Å². The van der Waals surface area contributed by atoms with E-state index < -0.39 is 11.7 Å². The number of halogens is 3. The lowest BCUT2D eigenvalue weighted by molar-refractivity contribution is -0.137. The summed E-state index contributed by atoms with van der Waals surface area (Å²) in [6, 6.07) is 9.76. The summed E-state index contributed by atoms with van der Waals surface area (Å²) < 4.78 is 37.5. The molecule has 0 saturated heterocycles. The average molecular weight is 278 g/mol. The Morgan fingerprint density at radius 1 is 0.900 bits per heavy atom. The highest BCUT2D eigenvalue weighted by Crippen LogP contribution is 2.29. The first kappa shape index (κ1) is 14.3. The largest absolute Gasteiger partial charge is 0.416 e. The summed E-state index contributed by atoms with van der Waals surface area (Å²) in [6.45, 7) is 3.62. The van der Waals surface area contributed by atoms with Crippen molar-refractivity contribution in [3.05, 3.63) is 70.3 Å². The molecule has 0 amide bonds. The van der Waals surface area contributed by atoms with Gasteiger partial charge < -0.3 is 0 Å². The molecule has 0 bridgehead atoms. The van der Waals surface area contributed by atoms with Gasteiger partial charge in [-0.25, -0.2) is 0 Å². The van der Waals surface area contributed by atoms with Gasteiger partial charge in [0.25, 0.3) is 0 Å². The second-order valence-electron chi connectivity index (χ2n) is 4.67. The van der Waals surface area contributed by atoms with Crippen LogP contribution in [0, 0.1) is 13.8 Å². The minimum atomic E-state index is -4.39. The van der Waals surface area contributed by atoms with Gasteiger partial charge in [-0.2, -0.15) is 13.2 Å². The van der Waals surface area contributed by atoms with Crippen molar-refractivity contribution < 1.29 is 18.0 Å². The maximum Gasteiger partial charge on any atom is 0.416 e. The lowest BCUT2D eigenvalue weighted by Gasteiger charge is -2.10. The first-order chi connectivity index (χ1) is 9.30. The third-order valence-electron chi connectivity index (χ3n) is 3.18. The van der Waals surface area contributed by atoms with E-state index >= 15 is 0 Å². The van der Waals surface area contributed by atoms with E-state index in [1.807, 2.05) is 32.0 Å². The summed E-state index contributed by atoms with van der Waals surface area (Å²) in [4.78, 5) is 12.4. The minimum absolute atomic E-state index is 0.255. The Morgan fingerprint density at radius 2 is 1.40 bits per heavy atom. The molecule has 0 aliphatic rings. The lowest BCUT2D eigenvalue weighted by Crippen LogP contribution is -2.08.